The molecule has 0 aliphatic carbocycles. The third kappa shape index (κ3) is 1.31. The maximum atomic E-state index is 5.77. The Labute approximate surface area is 67.4 Å². The van der Waals surface area contributed by atoms with E-state index in [1.54, 1.807) is 0 Å². The van der Waals surface area contributed by atoms with Crippen molar-refractivity contribution in [2.45, 2.75) is 33.7 Å². The molecule has 11 heavy (non-hydrogen) atoms. The quantitative estimate of drug-likeness (QED) is 0.672. The lowest BCUT2D eigenvalue weighted by molar-refractivity contribution is 0.497. The number of nitrogens with two attached hydrogens (primary N) is 1. The van der Waals surface area contributed by atoms with E-state index < -0.39 is 0 Å². The van der Waals surface area contributed by atoms with E-state index in [1.807, 2.05) is 27.7 Å². The van der Waals surface area contributed by atoms with Gasteiger partial charge in [0.2, 0.25) is 0 Å². The molecule has 0 radical (unpaired) electrons. The van der Waals surface area contributed by atoms with Crippen molar-refractivity contribution in [1.82, 2.24) is 0 Å². The largest absolute Gasteiger partial charge is 0.466 e. The predicted octanol–water partition coefficient (Wildman–Crippen LogP) is 2.22. The van der Waals surface area contributed by atoms with Crippen LogP contribution in [0, 0.1) is 20.8 Å². The summed E-state index contributed by atoms with van der Waals surface area (Å²) in [5, 5.41) is 0. The number of furan rings is 1. The first-order valence-corrected chi connectivity index (χ1v) is 3.86. The predicted molar refractivity (Wildman–Crippen MR) is 45.5 cm³/mol. The smallest absolute Gasteiger partial charge is 0.106 e. The first kappa shape index (κ1) is 8.34. The van der Waals surface area contributed by atoms with E-state index in [0.29, 0.717) is 0 Å². The molecule has 0 saturated heterocycles. The third-order valence-corrected chi connectivity index (χ3v) is 2.07. The van der Waals surface area contributed by atoms with E-state index in [0.717, 1.165) is 17.1 Å². The van der Waals surface area contributed by atoms with Crippen molar-refractivity contribution in [3.05, 3.63) is 22.6 Å². The van der Waals surface area contributed by atoms with Crippen LogP contribution in [0.4, 0.5) is 0 Å². The van der Waals surface area contributed by atoms with Crippen molar-refractivity contribution in [3.8, 4) is 0 Å². The van der Waals surface area contributed by atoms with Crippen molar-refractivity contribution in [2.75, 3.05) is 0 Å². The molecule has 1 heterocycles. The van der Waals surface area contributed by atoms with Crippen molar-refractivity contribution >= 4 is 0 Å². The van der Waals surface area contributed by atoms with E-state index in [2.05, 4.69) is 0 Å². The van der Waals surface area contributed by atoms with Crippen LogP contribution in [0.1, 0.15) is 35.6 Å². The second-order valence-electron chi connectivity index (χ2n) is 3.04. The molecule has 2 nitrogen and oxygen atoms in total. The molecule has 2 heteroatoms. The molecular formula is C9H15NO. The number of aryl methyl sites for hydroxylation is 2. The van der Waals surface area contributed by atoms with Crippen LogP contribution in [0.25, 0.3) is 0 Å². The first-order chi connectivity index (χ1) is 5.04. The van der Waals surface area contributed by atoms with Crippen LogP contribution in [0.15, 0.2) is 4.42 Å². The summed E-state index contributed by atoms with van der Waals surface area (Å²) in [6.45, 7) is 7.95. The van der Waals surface area contributed by atoms with Gasteiger partial charge in [0.15, 0.2) is 0 Å². The molecule has 1 aromatic heterocycles. The van der Waals surface area contributed by atoms with Gasteiger partial charge in [0.25, 0.3) is 0 Å². The maximum Gasteiger partial charge on any atom is 0.106 e. The average Bonchev–Trinajstić information content (AvgIpc) is 2.07. The van der Waals surface area contributed by atoms with Crippen LogP contribution in [0.5, 0.6) is 0 Å². The molecule has 0 saturated carbocycles. The Hall–Kier alpha value is -0.760. The summed E-state index contributed by atoms with van der Waals surface area (Å²) in [6, 6.07) is 0.0763. The molecule has 1 aromatic rings. The second kappa shape index (κ2) is 2.70. The van der Waals surface area contributed by atoms with Crippen molar-refractivity contribution in [1.29, 1.82) is 0 Å². The fourth-order valence-corrected chi connectivity index (χ4v) is 1.48. The molecule has 0 fully saturated rings. The van der Waals surface area contributed by atoms with Crippen LogP contribution in [-0.2, 0) is 0 Å². The summed E-state index contributed by atoms with van der Waals surface area (Å²) in [5.74, 6) is 1.94. The lowest BCUT2D eigenvalue weighted by Gasteiger charge is -2.03. The van der Waals surface area contributed by atoms with Crippen LogP contribution < -0.4 is 5.73 Å². The zero-order valence-electron chi connectivity index (χ0n) is 7.56. The topological polar surface area (TPSA) is 39.2 Å². The van der Waals surface area contributed by atoms with Gasteiger partial charge in [-0.2, -0.15) is 0 Å². The fourth-order valence-electron chi connectivity index (χ4n) is 1.48. The summed E-state index contributed by atoms with van der Waals surface area (Å²) in [6.07, 6.45) is 0. The maximum absolute atomic E-state index is 5.77. The third-order valence-electron chi connectivity index (χ3n) is 2.07. The van der Waals surface area contributed by atoms with Gasteiger partial charge < -0.3 is 10.2 Å². The molecule has 0 aromatic carbocycles. The Morgan fingerprint density at radius 1 is 1.18 bits per heavy atom. The molecular weight excluding hydrogens is 138 g/mol. The summed E-state index contributed by atoms with van der Waals surface area (Å²) in [5.41, 5.74) is 8.12. The molecule has 0 amide bonds. The average molecular weight is 153 g/mol. The molecule has 2 N–H and O–H groups in total. The van der Waals surface area contributed by atoms with Crippen LogP contribution in [-0.4, -0.2) is 0 Å². The highest BCUT2D eigenvalue weighted by Gasteiger charge is 2.13. The first-order valence-electron chi connectivity index (χ1n) is 3.86. The highest BCUT2D eigenvalue weighted by molar-refractivity contribution is 5.33. The molecule has 0 aliphatic heterocycles. The minimum absolute atomic E-state index is 0.0763. The minimum Gasteiger partial charge on any atom is -0.466 e. The van der Waals surface area contributed by atoms with Crippen molar-refractivity contribution < 1.29 is 4.42 Å². The summed E-state index contributed by atoms with van der Waals surface area (Å²) in [4.78, 5) is 0. The molecule has 1 rings (SSSR count). The zero-order chi connectivity index (χ0) is 8.59. The van der Waals surface area contributed by atoms with Gasteiger partial charge in [0, 0.05) is 11.6 Å². The van der Waals surface area contributed by atoms with Gasteiger partial charge >= 0.3 is 0 Å². The summed E-state index contributed by atoms with van der Waals surface area (Å²) < 4.78 is 5.43. The highest BCUT2D eigenvalue weighted by atomic mass is 16.3. The van der Waals surface area contributed by atoms with E-state index in [-0.39, 0.29) is 6.04 Å². The Bertz CT molecular complexity index is 261. The van der Waals surface area contributed by atoms with Gasteiger partial charge in [0.1, 0.15) is 11.5 Å². The highest BCUT2D eigenvalue weighted by Crippen LogP contribution is 2.24. The zero-order valence-corrected chi connectivity index (χ0v) is 7.56. The van der Waals surface area contributed by atoms with Crippen LogP contribution >= 0.6 is 0 Å². The Kier molecular flexibility index (Phi) is 2.05. The summed E-state index contributed by atoms with van der Waals surface area (Å²) >= 11 is 0. The number of hydrogen-bond donors (Lipinski definition) is 1. The number of hydrogen-bond acceptors (Lipinski definition) is 2. The van der Waals surface area contributed by atoms with Crippen LogP contribution in [0.3, 0.4) is 0 Å². The van der Waals surface area contributed by atoms with E-state index >= 15 is 0 Å². The van der Waals surface area contributed by atoms with Gasteiger partial charge in [-0.1, -0.05) is 0 Å². The lowest BCUT2D eigenvalue weighted by atomic mass is 10.0. The van der Waals surface area contributed by atoms with Gasteiger partial charge in [0.05, 0.1) is 0 Å². The van der Waals surface area contributed by atoms with Crippen LogP contribution in [0.2, 0.25) is 0 Å². The molecule has 0 aliphatic rings. The normalized spacial score (nSPS) is 13.5. The molecule has 1 unspecified atom stereocenters. The standard InChI is InChI=1S/C9H15NO/c1-5-7(3)11-8(4)9(5)6(2)10/h6H,10H2,1-4H3. The van der Waals surface area contributed by atoms with E-state index in [1.165, 1.54) is 5.56 Å². The minimum atomic E-state index is 0.0763. The van der Waals surface area contributed by atoms with E-state index in [9.17, 15) is 0 Å². The molecule has 62 valence electrons. The molecule has 0 bridgehead atoms. The Morgan fingerprint density at radius 3 is 1.91 bits per heavy atom. The SMILES string of the molecule is Cc1oc(C)c(C(C)N)c1C. The van der Waals surface area contributed by atoms with Gasteiger partial charge in [-0.15, -0.1) is 0 Å². The monoisotopic (exact) mass is 153 g/mol. The fraction of sp³-hybridized carbons (Fsp3) is 0.556. The van der Waals surface area contributed by atoms with Gasteiger partial charge in [-0.3, -0.25) is 0 Å². The Morgan fingerprint density at radius 2 is 1.73 bits per heavy atom. The van der Waals surface area contributed by atoms with Crippen molar-refractivity contribution in [3.63, 3.8) is 0 Å². The second-order valence-corrected chi connectivity index (χ2v) is 3.04. The molecule has 1 atom stereocenters. The summed E-state index contributed by atoms with van der Waals surface area (Å²) in [7, 11) is 0. The van der Waals surface area contributed by atoms with Gasteiger partial charge in [-0.25, -0.2) is 0 Å². The van der Waals surface area contributed by atoms with Crippen molar-refractivity contribution in [2.24, 2.45) is 5.73 Å². The Balaban J connectivity index is 3.22. The van der Waals surface area contributed by atoms with Gasteiger partial charge in [-0.05, 0) is 33.3 Å². The van der Waals surface area contributed by atoms with E-state index in [4.69, 9.17) is 10.2 Å². The molecule has 0 spiro atoms. The number of rotatable bonds is 1. The lowest BCUT2D eigenvalue weighted by Crippen LogP contribution is -2.06.